The Morgan fingerprint density at radius 3 is 2.14 bits per heavy atom. The summed E-state index contributed by atoms with van der Waals surface area (Å²) >= 11 is 0. The molecular formula is C27H30FN5O4. The Kier molecular flexibility index (Phi) is 7.37. The topological polar surface area (TPSA) is 116 Å². The van der Waals surface area contributed by atoms with Gasteiger partial charge in [-0.3, -0.25) is 4.79 Å². The highest BCUT2D eigenvalue weighted by atomic mass is 19.1. The van der Waals surface area contributed by atoms with Crippen LogP contribution in [0.1, 0.15) is 82.1 Å². The first-order valence-corrected chi connectivity index (χ1v) is 12.1. The summed E-state index contributed by atoms with van der Waals surface area (Å²) in [6.45, 7) is 11.4. The lowest BCUT2D eigenvalue weighted by molar-refractivity contribution is 0.0915. The molecule has 1 atom stereocenters. The summed E-state index contributed by atoms with van der Waals surface area (Å²) in [4.78, 5) is 21.1. The molecule has 1 N–H and O–H groups in total. The molecule has 4 aromatic rings. The van der Waals surface area contributed by atoms with Crippen molar-refractivity contribution >= 4 is 5.91 Å². The minimum Gasteiger partial charge on any atom is -0.481 e. The van der Waals surface area contributed by atoms with Gasteiger partial charge in [0.1, 0.15) is 11.6 Å². The number of nitrogens with zero attached hydrogens (tertiary/aromatic N) is 4. The van der Waals surface area contributed by atoms with Gasteiger partial charge in [-0.1, -0.05) is 37.2 Å². The van der Waals surface area contributed by atoms with Crippen LogP contribution in [0.25, 0.3) is 22.8 Å². The summed E-state index contributed by atoms with van der Waals surface area (Å²) < 4.78 is 31.5. The van der Waals surface area contributed by atoms with Crippen LogP contribution in [-0.2, 0) is 0 Å². The Balaban J connectivity index is 1.46. The smallest absolute Gasteiger partial charge is 0.268 e. The van der Waals surface area contributed by atoms with Crippen molar-refractivity contribution in [2.75, 3.05) is 0 Å². The van der Waals surface area contributed by atoms with Gasteiger partial charge in [0, 0.05) is 22.6 Å². The van der Waals surface area contributed by atoms with Crippen molar-refractivity contribution < 1.29 is 23.0 Å². The zero-order valence-electron chi connectivity index (χ0n) is 21.7. The van der Waals surface area contributed by atoms with E-state index in [0.29, 0.717) is 29.4 Å². The molecule has 2 heterocycles. The van der Waals surface area contributed by atoms with Gasteiger partial charge < -0.3 is 19.1 Å². The number of hydrogen-bond acceptors (Lipinski definition) is 8. The molecule has 2 aromatic heterocycles. The first-order chi connectivity index (χ1) is 17.5. The highest BCUT2D eigenvalue weighted by molar-refractivity contribution is 5.95. The fourth-order valence-electron chi connectivity index (χ4n) is 3.47. The molecule has 1 unspecified atom stereocenters. The van der Waals surface area contributed by atoms with Gasteiger partial charge in [-0.2, -0.15) is 9.97 Å². The molecule has 0 spiro atoms. The van der Waals surface area contributed by atoms with Crippen molar-refractivity contribution in [3.8, 4) is 28.5 Å². The number of carbonyl (C=O) groups is 1. The quantitative estimate of drug-likeness (QED) is 0.304. The predicted octanol–water partition coefficient (Wildman–Crippen LogP) is 6.11. The number of halogens is 1. The maximum absolute atomic E-state index is 14.7. The lowest BCUT2D eigenvalue weighted by Crippen LogP contribution is -2.40. The third-order valence-corrected chi connectivity index (χ3v) is 5.37. The molecule has 194 valence electrons. The van der Waals surface area contributed by atoms with E-state index < -0.39 is 23.4 Å². The van der Waals surface area contributed by atoms with Crippen LogP contribution in [0.15, 0.2) is 51.5 Å². The van der Waals surface area contributed by atoms with Gasteiger partial charge in [0.2, 0.25) is 17.5 Å². The Hall–Kier alpha value is -4.08. The lowest BCUT2D eigenvalue weighted by atomic mass is 10.1. The van der Waals surface area contributed by atoms with E-state index in [4.69, 9.17) is 13.8 Å². The van der Waals surface area contributed by atoms with Gasteiger partial charge in [0.05, 0.1) is 5.56 Å². The van der Waals surface area contributed by atoms with Gasteiger partial charge in [0.25, 0.3) is 11.8 Å². The van der Waals surface area contributed by atoms with Crippen molar-refractivity contribution in [1.29, 1.82) is 0 Å². The molecule has 0 bridgehead atoms. The number of amides is 1. The minimum absolute atomic E-state index is 0.0538. The second-order valence-electron chi connectivity index (χ2n) is 10.0. The van der Waals surface area contributed by atoms with Gasteiger partial charge in [-0.05, 0) is 63.6 Å². The molecule has 1 amide bonds. The highest BCUT2D eigenvalue weighted by Gasteiger charge is 2.22. The molecule has 9 nitrogen and oxygen atoms in total. The molecule has 0 aliphatic rings. The molecular weight excluding hydrogens is 477 g/mol. The fraction of sp³-hybridized carbons (Fsp3) is 0.370. The van der Waals surface area contributed by atoms with E-state index in [9.17, 15) is 9.18 Å². The van der Waals surface area contributed by atoms with Crippen LogP contribution < -0.4 is 10.1 Å². The van der Waals surface area contributed by atoms with E-state index in [1.165, 1.54) is 12.1 Å². The standard InChI is InChI=1S/C27H30FN5O4/c1-7-21(35-18-11-8-16(9-12-18)22-29-25(15(2)3)36-32-22)26-30-23(33-37-26)17-10-13-19(20(28)14-17)24(34)31-27(4,5)6/h8-15,21H,7H2,1-6H3,(H,31,34). The van der Waals surface area contributed by atoms with Crippen molar-refractivity contribution in [3.05, 3.63) is 65.6 Å². The normalized spacial score (nSPS) is 12.5. The van der Waals surface area contributed by atoms with Gasteiger partial charge in [-0.15, -0.1) is 0 Å². The van der Waals surface area contributed by atoms with Crippen molar-refractivity contribution in [3.63, 3.8) is 0 Å². The summed E-state index contributed by atoms with van der Waals surface area (Å²) in [6, 6.07) is 11.5. The number of carbonyl (C=O) groups excluding carboxylic acids is 1. The van der Waals surface area contributed by atoms with Gasteiger partial charge in [0.15, 0.2) is 6.10 Å². The molecule has 0 aliphatic carbocycles. The molecule has 0 fully saturated rings. The number of nitrogens with one attached hydrogen (secondary N) is 1. The summed E-state index contributed by atoms with van der Waals surface area (Å²) in [6.07, 6.45) is 0.0539. The zero-order chi connectivity index (χ0) is 26.7. The van der Waals surface area contributed by atoms with Gasteiger partial charge in [-0.25, -0.2) is 4.39 Å². The van der Waals surface area contributed by atoms with E-state index in [1.807, 2.05) is 53.7 Å². The number of aromatic nitrogens is 4. The summed E-state index contributed by atoms with van der Waals surface area (Å²) in [7, 11) is 0. The first kappa shape index (κ1) is 26.0. The van der Waals surface area contributed by atoms with Crippen LogP contribution in [0, 0.1) is 5.82 Å². The molecule has 4 rings (SSSR count). The van der Waals surface area contributed by atoms with E-state index in [0.717, 1.165) is 5.56 Å². The maximum atomic E-state index is 14.7. The molecule has 0 aliphatic heterocycles. The van der Waals surface area contributed by atoms with Crippen molar-refractivity contribution in [1.82, 2.24) is 25.6 Å². The second-order valence-corrected chi connectivity index (χ2v) is 10.0. The molecule has 0 saturated carbocycles. The Bertz CT molecular complexity index is 1370. The molecule has 10 heteroatoms. The third kappa shape index (κ3) is 6.19. The monoisotopic (exact) mass is 507 g/mol. The van der Waals surface area contributed by atoms with Crippen LogP contribution in [0.3, 0.4) is 0 Å². The number of ether oxygens (including phenoxy) is 1. The second kappa shape index (κ2) is 10.5. The maximum Gasteiger partial charge on any atom is 0.268 e. The molecule has 0 saturated heterocycles. The van der Waals surface area contributed by atoms with Crippen LogP contribution in [0.5, 0.6) is 5.75 Å². The predicted molar refractivity (Wildman–Crippen MR) is 134 cm³/mol. The highest BCUT2D eigenvalue weighted by Crippen LogP contribution is 2.28. The average Bonchev–Trinajstić information content (AvgIpc) is 3.52. The Morgan fingerprint density at radius 1 is 0.973 bits per heavy atom. The fourth-order valence-corrected chi connectivity index (χ4v) is 3.47. The van der Waals surface area contributed by atoms with Crippen LogP contribution in [-0.4, -0.2) is 31.7 Å². The van der Waals surface area contributed by atoms with Crippen LogP contribution in [0.2, 0.25) is 0 Å². The first-order valence-electron chi connectivity index (χ1n) is 12.1. The van der Waals surface area contributed by atoms with Crippen molar-refractivity contribution in [2.24, 2.45) is 0 Å². The molecule has 37 heavy (non-hydrogen) atoms. The van der Waals surface area contributed by atoms with Crippen molar-refractivity contribution in [2.45, 2.75) is 65.5 Å². The van der Waals surface area contributed by atoms with E-state index >= 15 is 0 Å². The Labute approximate surface area is 214 Å². The lowest BCUT2D eigenvalue weighted by Gasteiger charge is -2.20. The van der Waals surface area contributed by atoms with Crippen LogP contribution in [0.4, 0.5) is 4.39 Å². The summed E-state index contributed by atoms with van der Waals surface area (Å²) in [5.74, 6) is 1.14. The molecule has 0 radical (unpaired) electrons. The number of hydrogen-bond donors (Lipinski definition) is 1. The van der Waals surface area contributed by atoms with E-state index in [-0.39, 0.29) is 23.2 Å². The summed E-state index contributed by atoms with van der Waals surface area (Å²) in [5, 5.41) is 10.7. The van der Waals surface area contributed by atoms with Crippen LogP contribution >= 0.6 is 0 Å². The summed E-state index contributed by atoms with van der Waals surface area (Å²) in [5.41, 5.74) is 0.657. The third-order valence-electron chi connectivity index (χ3n) is 5.37. The zero-order valence-corrected chi connectivity index (χ0v) is 21.7. The molecule has 2 aromatic carbocycles. The minimum atomic E-state index is -0.670. The number of benzene rings is 2. The Morgan fingerprint density at radius 2 is 1.57 bits per heavy atom. The average molecular weight is 508 g/mol. The SMILES string of the molecule is CCC(Oc1ccc(-c2noc(C(C)C)n2)cc1)c1nc(-c2ccc(C(=O)NC(C)(C)C)c(F)c2)no1. The van der Waals surface area contributed by atoms with E-state index in [2.05, 4.69) is 25.6 Å². The van der Waals surface area contributed by atoms with E-state index in [1.54, 1.807) is 18.2 Å². The van der Waals surface area contributed by atoms with Gasteiger partial charge >= 0.3 is 0 Å². The largest absolute Gasteiger partial charge is 0.481 e. The number of rotatable bonds is 8.